The molecular weight excluding hydrogens is 279 g/mol. The molecule has 1 aliphatic rings. The van der Waals surface area contributed by atoms with Crippen LogP contribution in [0.25, 0.3) is 0 Å². The smallest absolute Gasteiger partial charge is 0.332 e. The van der Waals surface area contributed by atoms with Gasteiger partial charge in [0.1, 0.15) is 5.82 Å². The Morgan fingerprint density at radius 2 is 2.19 bits per heavy atom. The standard InChI is InChI=1S/C14H17FN2O4/c1-17(8-10-4-2-3-5-11(10)15)13(20)16-14(12(18)19)6-7-21-9-14/h2-5H,6-9H2,1H3,(H,16,20)(H,18,19). The van der Waals surface area contributed by atoms with Gasteiger partial charge in [-0.05, 0) is 6.07 Å². The van der Waals surface area contributed by atoms with Crippen LogP contribution in [0.3, 0.4) is 0 Å². The molecule has 0 radical (unpaired) electrons. The first-order chi connectivity index (χ1) is 9.94. The van der Waals surface area contributed by atoms with E-state index in [0.29, 0.717) is 5.56 Å². The molecule has 1 heterocycles. The molecule has 0 aromatic heterocycles. The lowest BCUT2D eigenvalue weighted by Crippen LogP contribution is -2.57. The first-order valence-corrected chi connectivity index (χ1v) is 6.52. The molecule has 114 valence electrons. The van der Waals surface area contributed by atoms with Gasteiger partial charge < -0.3 is 20.1 Å². The van der Waals surface area contributed by atoms with Crippen molar-refractivity contribution in [1.82, 2.24) is 10.2 Å². The summed E-state index contributed by atoms with van der Waals surface area (Å²) >= 11 is 0. The first kappa shape index (κ1) is 15.2. The summed E-state index contributed by atoms with van der Waals surface area (Å²) in [5.74, 6) is -1.54. The Labute approximate surface area is 121 Å². The normalized spacial score (nSPS) is 21.0. The lowest BCUT2D eigenvalue weighted by atomic mass is 9.99. The monoisotopic (exact) mass is 296 g/mol. The van der Waals surface area contributed by atoms with Gasteiger partial charge in [-0.2, -0.15) is 0 Å². The molecule has 7 heteroatoms. The molecule has 0 spiro atoms. The van der Waals surface area contributed by atoms with E-state index in [2.05, 4.69) is 5.32 Å². The summed E-state index contributed by atoms with van der Waals surface area (Å²) in [6.45, 7) is 0.264. The third-order valence-corrected chi connectivity index (χ3v) is 3.49. The summed E-state index contributed by atoms with van der Waals surface area (Å²) < 4.78 is 18.6. The summed E-state index contributed by atoms with van der Waals surface area (Å²) in [6, 6.07) is 5.54. The molecule has 21 heavy (non-hydrogen) atoms. The second-order valence-electron chi connectivity index (χ2n) is 5.07. The number of carbonyl (C=O) groups is 2. The quantitative estimate of drug-likeness (QED) is 0.875. The van der Waals surface area contributed by atoms with Crippen molar-refractivity contribution >= 4 is 12.0 Å². The molecule has 0 aliphatic carbocycles. The van der Waals surface area contributed by atoms with Gasteiger partial charge in [0.15, 0.2) is 5.54 Å². The molecule has 1 aromatic carbocycles. The zero-order valence-electron chi connectivity index (χ0n) is 11.6. The number of urea groups is 1. The van der Waals surface area contributed by atoms with Crippen LogP contribution < -0.4 is 5.32 Å². The van der Waals surface area contributed by atoms with Crippen LogP contribution in [0, 0.1) is 5.82 Å². The van der Waals surface area contributed by atoms with E-state index in [1.807, 2.05) is 0 Å². The predicted molar refractivity (Wildman–Crippen MR) is 72.2 cm³/mol. The summed E-state index contributed by atoms with van der Waals surface area (Å²) in [5, 5.41) is 11.7. The third kappa shape index (κ3) is 3.30. The van der Waals surface area contributed by atoms with Crippen molar-refractivity contribution in [3.05, 3.63) is 35.6 Å². The molecule has 1 unspecified atom stereocenters. The number of nitrogens with one attached hydrogen (secondary N) is 1. The van der Waals surface area contributed by atoms with Crippen molar-refractivity contribution in [2.75, 3.05) is 20.3 Å². The molecular formula is C14H17FN2O4. The van der Waals surface area contributed by atoms with Crippen LogP contribution >= 0.6 is 0 Å². The number of benzene rings is 1. The van der Waals surface area contributed by atoms with Crippen molar-refractivity contribution in [3.63, 3.8) is 0 Å². The fourth-order valence-corrected chi connectivity index (χ4v) is 2.14. The molecule has 0 saturated carbocycles. The molecule has 1 aliphatic heterocycles. The van der Waals surface area contributed by atoms with E-state index in [-0.39, 0.29) is 26.2 Å². The first-order valence-electron chi connectivity index (χ1n) is 6.52. The fourth-order valence-electron chi connectivity index (χ4n) is 2.14. The van der Waals surface area contributed by atoms with Gasteiger partial charge in [-0.1, -0.05) is 18.2 Å². The number of ether oxygens (including phenoxy) is 1. The van der Waals surface area contributed by atoms with E-state index in [4.69, 9.17) is 4.74 Å². The van der Waals surface area contributed by atoms with Gasteiger partial charge in [-0.3, -0.25) is 0 Å². The lowest BCUT2D eigenvalue weighted by Gasteiger charge is -2.27. The van der Waals surface area contributed by atoms with Gasteiger partial charge in [-0.15, -0.1) is 0 Å². The minimum absolute atomic E-state index is 0.0507. The predicted octanol–water partition coefficient (Wildman–Crippen LogP) is 1.21. The summed E-state index contributed by atoms with van der Waals surface area (Å²) in [4.78, 5) is 24.7. The molecule has 0 bridgehead atoms. The average molecular weight is 296 g/mol. The van der Waals surface area contributed by atoms with Gasteiger partial charge in [0.05, 0.1) is 6.61 Å². The van der Waals surface area contributed by atoms with Crippen LogP contribution in [0.2, 0.25) is 0 Å². The highest BCUT2D eigenvalue weighted by atomic mass is 19.1. The number of amides is 2. The molecule has 2 rings (SSSR count). The van der Waals surface area contributed by atoms with Gasteiger partial charge in [0.25, 0.3) is 0 Å². The maximum absolute atomic E-state index is 13.5. The van der Waals surface area contributed by atoms with E-state index in [1.54, 1.807) is 18.2 Å². The SMILES string of the molecule is CN(Cc1ccccc1F)C(=O)NC1(C(=O)O)CCOC1. The molecule has 2 amide bonds. The average Bonchev–Trinajstić information content (AvgIpc) is 2.91. The number of hydrogen-bond acceptors (Lipinski definition) is 3. The molecule has 1 aromatic rings. The number of hydrogen-bond donors (Lipinski definition) is 2. The molecule has 1 fully saturated rings. The van der Waals surface area contributed by atoms with E-state index in [0.717, 1.165) is 0 Å². The van der Waals surface area contributed by atoms with Crippen LogP contribution in [0.1, 0.15) is 12.0 Å². The number of rotatable bonds is 4. The van der Waals surface area contributed by atoms with Gasteiger partial charge in [0, 0.05) is 32.2 Å². The van der Waals surface area contributed by atoms with Gasteiger partial charge in [0.2, 0.25) is 0 Å². The van der Waals surface area contributed by atoms with E-state index in [9.17, 15) is 19.1 Å². The Morgan fingerprint density at radius 1 is 1.48 bits per heavy atom. The summed E-state index contributed by atoms with van der Waals surface area (Å²) in [6.07, 6.45) is 0.210. The van der Waals surface area contributed by atoms with Crippen LogP contribution in [0.5, 0.6) is 0 Å². The van der Waals surface area contributed by atoms with Crippen molar-refractivity contribution < 1.29 is 23.8 Å². The number of nitrogens with zero attached hydrogens (tertiary/aromatic N) is 1. The highest BCUT2D eigenvalue weighted by Crippen LogP contribution is 2.19. The van der Waals surface area contributed by atoms with Crippen molar-refractivity contribution in [2.45, 2.75) is 18.5 Å². The van der Waals surface area contributed by atoms with Crippen LogP contribution in [0.4, 0.5) is 9.18 Å². The van der Waals surface area contributed by atoms with Gasteiger partial charge in [-0.25, -0.2) is 14.0 Å². The van der Waals surface area contributed by atoms with Crippen LogP contribution in [-0.4, -0.2) is 47.8 Å². The molecule has 1 saturated heterocycles. The Kier molecular flexibility index (Phi) is 4.42. The van der Waals surface area contributed by atoms with Crippen molar-refractivity contribution in [3.8, 4) is 0 Å². The molecule has 6 nitrogen and oxygen atoms in total. The number of carbonyl (C=O) groups excluding carboxylic acids is 1. The Balaban J connectivity index is 2.03. The summed E-state index contributed by atoms with van der Waals surface area (Å²) in [7, 11) is 1.48. The second-order valence-corrected chi connectivity index (χ2v) is 5.07. The zero-order chi connectivity index (χ0) is 15.5. The van der Waals surface area contributed by atoms with Crippen LogP contribution in [0.15, 0.2) is 24.3 Å². The van der Waals surface area contributed by atoms with E-state index in [1.165, 1.54) is 18.0 Å². The maximum Gasteiger partial charge on any atom is 0.332 e. The minimum atomic E-state index is -1.40. The zero-order valence-corrected chi connectivity index (χ0v) is 11.6. The number of carboxylic acid groups (broad SMARTS) is 1. The van der Waals surface area contributed by atoms with Crippen molar-refractivity contribution in [1.29, 1.82) is 0 Å². The number of carboxylic acids is 1. The highest BCUT2D eigenvalue weighted by Gasteiger charge is 2.44. The number of aliphatic carboxylic acids is 1. The fraction of sp³-hybridized carbons (Fsp3) is 0.429. The topological polar surface area (TPSA) is 78.9 Å². The lowest BCUT2D eigenvalue weighted by molar-refractivity contribution is -0.144. The highest BCUT2D eigenvalue weighted by molar-refractivity contribution is 5.86. The minimum Gasteiger partial charge on any atom is -0.479 e. The van der Waals surface area contributed by atoms with Crippen LogP contribution in [-0.2, 0) is 16.1 Å². The third-order valence-electron chi connectivity index (χ3n) is 3.49. The van der Waals surface area contributed by atoms with Gasteiger partial charge >= 0.3 is 12.0 Å². The Hall–Kier alpha value is -2.15. The summed E-state index contributed by atoms with van der Waals surface area (Å²) in [5.41, 5.74) is -1.04. The Morgan fingerprint density at radius 3 is 2.76 bits per heavy atom. The maximum atomic E-state index is 13.5. The largest absolute Gasteiger partial charge is 0.479 e. The number of halogens is 1. The van der Waals surface area contributed by atoms with E-state index < -0.39 is 23.4 Å². The molecule has 2 N–H and O–H groups in total. The van der Waals surface area contributed by atoms with E-state index >= 15 is 0 Å². The Bertz CT molecular complexity index is 544. The second kappa shape index (κ2) is 6.09. The molecule has 1 atom stereocenters. The van der Waals surface area contributed by atoms with Crippen molar-refractivity contribution in [2.24, 2.45) is 0 Å².